The number of urea groups is 1. The van der Waals surface area contributed by atoms with Gasteiger partial charge in [0, 0.05) is 11.4 Å². The van der Waals surface area contributed by atoms with Gasteiger partial charge in [0.25, 0.3) is 0 Å². The molecule has 0 aliphatic heterocycles. The molecule has 0 aliphatic carbocycles. The summed E-state index contributed by atoms with van der Waals surface area (Å²) in [6, 6.07) is 7.20. The molecule has 6 heteroatoms. The van der Waals surface area contributed by atoms with Crippen molar-refractivity contribution >= 4 is 30.3 Å². The van der Waals surface area contributed by atoms with Crippen LogP contribution in [0.25, 0.3) is 0 Å². The highest BCUT2D eigenvalue weighted by Crippen LogP contribution is 2.04. The van der Waals surface area contributed by atoms with Crippen molar-refractivity contribution in [2.24, 2.45) is 0 Å². The number of anilines is 1. The molecular weight excluding hydrogens is 228 g/mol. The SMILES string of the molecule is O=C(Nc1ccccc1)NC(CS)C(=O)O. The molecular formula is C10H12N2O3S. The molecule has 0 radical (unpaired) electrons. The van der Waals surface area contributed by atoms with Gasteiger partial charge in [0.1, 0.15) is 6.04 Å². The van der Waals surface area contributed by atoms with E-state index in [9.17, 15) is 9.59 Å². The Balaban J connectivity index is 2.50. The van der Waals surface area contributed by atoms with Gasteiger partial charge in [-0.1, -0.05) is 18.2 Å². The van der Waals surface area contributed by atoms with E-state index in [-0.39, 0.29) is 5.75 Å². The maximum absolute atomic E-state index is 11.4. The molecule has 0 heterocycles. The third-order valence-corrected chi connectivity index (χ3v) is 2.18. The number of carboxylic acid groups (broad SMARTS) is 1. The third-order valence-electron chi connectivity index (χ3n) is 1.82. The fourth-order valence-corrected chi connectivity index (χ4v) is 1.28. The Bertz CT molecular complexity index is 370. The number of aliphatic carboxylic acids is 1. The molecule has 86 valence electrons. The van der Waals surface area contributed by atoms with Crippen LogP contribution in [-0.4, -0.2) is 28.9 Å². The first-order chi connectivity index (χ1) is 7.63. The molecule has 1 atom stereocenters. The summed E-state index contributed by atoms with van der Waals surface area (Å²) < 4.78 is 0. The number of carboxylic acids is 1. The van der Waals surface area contributed by atoms with Crippen LogP contribution in [0, 0.1) is 0 Å². The second-order valence-electron chi connectivity index (χ2n) is 3.04. The Morgan fingerprint density at radius 2 is 1.94 bits per heavy atom. The largest absolute Gasteiger partial charge is 0.480 e. The molecule has 0 fully saturated rings. The molecule has 1 aromatic rings. The maximum atomic E-state index is 11.4. The minimum Gasteiger partial charge on any atom is -0.480 e. The van der Waals surface area contributed by atoms with Gasteiger partial charge in [-0.05, 0) is 12.1 Å². The summed E-state index contributed by atoms with van der Waals surface area (Å²) in [6.45, 7) is 0. The highest BCUT2D eigenvalue weighted by atomic mass is 32.1. The molecule has 0 aliphatic rings. The number of rotatable bonds is 4. The van der Waals surface area contributed by atoms with Crippen LogP contribution in [0.1, 0.15) is 0 Å². The molecule has 0 spiro atoms. The van der Waals surface area contributed by atoms with Gasteiger partial charge >= 0.3 is 12.0 Å². The molecule has 5 nitrogen and oxygen atoms in total. The monoisotopic (exact) mass is 240 g/mol. The summed E-state index contributed by atoms with van der Waals surface area (Å²) in [5.74, 6) is -1.07. The van der Waals surface area contributed by atoms with Crippen molar-refractivity contribution in [2.45, 2.75) is 6.04 Å². The highest BCUT2D eigenvalue weighted by molar-refractivity contribution is 7.80. The number of hydrogen-bond donors (Lipinski definition) is 4. The first kappa shape index (κ1) is 12.4. The van der Waals surface area contributed by atoms with E-state index in [2.05, 4.69) is 23.3 Å². The molecule has 0 aromatic heterocycles. The number of carbonyl (C=O) groups excluding carboxylic acids is 1. The average molecular weight is 240 g/mol. The van der Waals surface area contributed by atoms with Gasteiger partial charge in [-0.3, -0.25) is 0 Å². The van der Waals surface area contributed by atoms with Gasteiger partial charge in [0.05, 0.1) is 0 Å². The van der Waals surface area contributed by atoms with Gasteiger partial charge in [-0.2, -0.15) is 12.6 Å². The Morgan fingerprint density at radius 3 is 2.44 bits per heavy atom. The first-order valence-corrected chi connectivity index (χ1v) is 5.23. The van der Waals surface area contributed by atoms with E-state index in [1.54, 1.807) is 24.3 Å². The summed E-state index contributed by atoms with van der Waals surface area (Å²) in [7, 11) is 0. The van der Waals surface area contributed by atoms with Crippen molar-refractivity contribution in [3.05, 3.63) is 30.3 Å². The quantitative estimate of drug-likeness (QED) is 0.597. The molecule has 16 heavy (non-hydrogen) atoms. The topological polar surface area (TPSA) is 78.4 Å². The number of para-hydroxylation sites is 1. The Hall–Kier alpha value is -1.69. The number of benzene rings is 1. The summed E-state index contributed by atoms with van der Waals surface area (Å²) in [6.07, 6.45) is 0. The lowest BCUT2D eigenvalue weighted by Crippen LogP contribution is -2.44. The van der Waals surface area contributed by atoms with Crippen LogP contribution >= 0.6 is 12.6 Å². The normalized spacial score (nSPS) is 11.6. The van der Waals surface area contributed by atoms with Gasteiger partial charge in [-0.15, -0.1) is 0 Å². The van der Waals surface area contributed by atoms with E-state index in [1.165, 1.54) is 0 Å². The highest BCUT2D eigenvalue weighted by Gasteiger charge is 2.17. The second-order valence-corrected chi connectivity index (χ2v) is 3.40. The lowest BCUT2D eigenvalue weighted by atomic mass is 10.3. The van der Waals surface area contributed by atoms with E-state index in [4.69, 9.17) is 5.11 Å². The van der Waals surface area contributed by atoms with Crippen molar-refractivity contribution < 1.29 is 14.7 Å². The van der Waals surface area contributed by atoms with Crippen LogP contribution in [0.3, 0.4) is 0 Å². The number of hydrogen-bond acceptors (Lipinski definition) is 3. The van der Waals surface area contributed by atoms with Crippen molar-refractivity contribution in [1.29, 1.82) is 0 Å². The summed E-state index contributed by atoms with van der Waals surface area (Å²) in [5, 5.41) is 13.5. The van der Waals surface area contributed by atoms with Crippen LogP contribution in [0.15, 0.2) is 30.3 Å². The van der Waals surface area contributed by atoms with Gasteiger partial charge in [0.2, 0.25) is 0 Å². The number of thiol groups is 1. The minimum absolute atomic E-state index is 0.0392. The summed E-state index contributed by atoms with van der Waals surface area (Å²) in [4.78, 5) is 22.0. The van der Waals surface area contributed by atoms with Gasteiger partial charge < -0.3 is 15.7 Å². The van der Waals surface area contributed by atoms with E-state index < -0.39 is 18.0 Å². The molecule has 1 unspecified atom stereocenters. The predicted octanol–water partition coefficient (Wildman–Crippen LogP) is 1.19. The zero-order valence-corrected chi connectivity index (χ0v) is 9.28. The maximum Gasteiger partial charge on any atom is 0.327 e. The number of amides is 2. The molecule has 2 amide bonds. The Kier molecular flexibility index (Phi) is 4.65. The van der Waals surface area contributed by atoms with E-state index in [0.29, 0.717) is 5.69 Å². The van der Waals surface area contributed by atoms with Gasteiger partial charge in [-0.25, -0.2) is 9.59 Å². The van der Waals surface area contributed by atoms with Crippen molar-refractivity contribution in [3.63, 3.8) is 0 Å². The van der Waals surface area contributed by atoms with Crippen molar-refractivity contribution in [3.8, 4) is 0 Å². The Labute approximate surface area is 98.3 Å². The lowest BCUT2D eigenvalue weighted by molar-refractivity contribution is -0.138. The third kappa shape index (κ3) is 3.82. The summed E-state index contributed by atoms with van der Waals surface area (Å²) in [5.41, 5.74) is 0.600. The van der Waals surface area contributed by atoms with Crippen LogP contribution < -0.4 is 10.6 Å². The zero-order chi connectivity index (χ0) is 12.0. The van der Waals surface area contributed by atoms with Crippen LogP contribution in [-0.2, 0) is 4.79 Å². The predicted molar refractivity (Wildman–Crippen MR) is 63.9 cm³/mol. The van der Waals surface area contributed by atoms with Crippen molar-refractivity contribution in [2.75, 3.05) is 11.1 Å². The number of carbonyl (C=O) groups is 2. The number of nitrogens with one attached hydrogen (secondary N) is 2. The molecule has 1 rings (SSSR count). The Morgan fingerprint density at radius 1 is 1.31 bits per heavy atom. The molecule has 0 bridgehead atoms. The fourth-order valence-electron chi connectivity index (χ4n) is 1.03. The zero-order valence-electron chi connectivity index (χ0n) is 8.38. The molecule has 0 saturated heterocycles. The van der Waals surface area contributed by atoms with Crippen molar-refractivity contribution in [1.82, 2.24) is 5.32 Å². The minimum atomic E-state index is -1.11. The van der Waals surface area contributed by atoms with E-state index in [1.807, 2.05) is 6.07 Å². The average Bonchev–Trinajstić information content (AvgIpc) is 2.27. The molecule has 3 N–H and O–H groups in total. The fraction of sp³-hybridized carbons (Fsp3) is 0.200. The standard InChI is InChI=1S/C10H12N2O3S/c13-9(14)8(6-16)12-10(15)11-7-4-2-1-3-5-7/h1-5,8,16H,6H2,(H,13,14)(H2,11,12,15). The first-order valence-electron chi connectivity index (χ1n) is 4.59. The van der Waals surface area contributed by atoms with Crippen LogP contribution in [0.4, 0.5) is 10.5 Å². The molecule has 1 aromatic carbocycles. The smallest absolute Gasteiger partial charge is 0.327 e. The summed E-state index contributed by atoms with van der Waals surface area (Å²) >= 11 is 3.83. The van der Waals surface area contributed by atoms with E-state index in [0.717, 1.165) is 0 Å². The van der Waals surface area contributed by atoms with E-state index >= 15 is 0 Å². The lowest BCUT2D eigenvalue weighted by Gasteiger charge is -2.12. The van der Waals surface area contributed by atoms with Crippen LogP contribution in [0.2, 0.25) is 0 Å². The van der Waals surface area contributed by atoms with Gasteiger partial charge in [0.15, 0.2) is 0 Å². The second kappa shape index (κ2) is 6.02. The van der Waals surface area contributed by atoms with Crippen LogP contribution in [0.5, 0.6) is 0 Å². The molecule has 0 saturated carbocycles.